The molecule has 0 saturated carbocycles. The molecule has 0 bridgehead atoms. The van der Waals surface area contributed by atoms with Crippen molar-refractivity contribution < 1.29 is 172 Å². The molecule has 0 aromatic rings. The highest BCUT2D eigenvalue weighted by atomic mass is 16.6. The van der Waals surface area contributed by atoms with Crippen molar-refractivity contribution in [2.45, 2.75) is 154 Å². The lowest BCUT2D eigenvalue weighted by Crippen LogP contribution is -2.52. The number of aliphatic hydroxyl groups excluding tert-OH is 28. The van der Waals surface area contributed by atoms with Crippen LogP contribution in [0.3, 0.4) is 0 Å². The van der Waals surface area contributed by atoms with Gasteiger partial charge in [0.2, 0.25) is 0 Å². The van der Waals surface area contributed by atoms with Gasteiger partial charge in [0.25, 0.3) is 0 Å². The molecule has 0 aromatic heterocycles. The highest BCUT2D eigenvalue weighted by molar-refractivity contribution is 5.58. The standard InChI is InChI=1S/4C6H12O6.C6H12O5.C5H10O5/c4*7-1-3(9)5(11)6(12)4(10)2-8;1-3(8)5(10)6(11)4(9)2-7;6-2-1-10-5(9)4(8)3(2)7/h4*1,3-6,8-12H,2H2;2-6,8-11H,1H3;2-9H,1H2/t3-,4+,5+,6+;2*3-,4+,5+,6-;2*3-,4-,5-,6-;2-,3+,4-,5?/m000101/s1. The van der Waals surface area contributed by atoms with Gasteiger partial charge in [-0.1, -0.05) is 0 Å². The molecule has 34 nitrogen and oxygen atoms in total. The van der Waals surface area contributed by atoms with Crippen molar-refractivity contribution >= 4 is 31.4 Å². The van der Waals surface area contributed by atoms with E-state index >= 15 is 0 Å². The van der Waals surface area contributed by atoms with Crippen LogP contribution in [0.15, 0.2) is 0 Å². The maximum atomic E-state index is 9.90. The molecule has 1 heterocycles. The molecule has 1 unspecified atom stereocenters. The minimum Gasteiger partial charge on any atom is -0.394 e. The molecule has 1 aliphatic rings. The molecule has 28 N–H and O–H groups in total. The maximum absolute atomic E-state index is 9.90. The quantitative estimate of drug-likeness (QED) is 0.0399. The highest BCUT2D eigenvalue weighted by Crippen LogP contribution is 2.13. The third-order valence-electron chi connectivity index (χ3n) is 8.49. The third-order valence-corrected chi connectivity index (χ3v) is 8.49. The summed E-state index contributed by atoms with van der Waals surface area (Å²) in [6.07, 6.45) is -38.5. The van der Waals surface area contributed by atoms with Crippen LogP contribution in [0.2, 0.25) is 0 Å². The van der Waals surface area contributed by atoms with Crippen molar-refractivity contribution in [3.63, 3.8) is 0 Å². The summed E-state index contributed by atoms with van der Waals surface area (Å²) < 4.78 is 4.47. The van der Waals surface area contributed by atoms with Crippen LogP contribution in [-0.4, -0.2) is 354 Å². The molecule has 0 aliphatic carbocycles. The Labute approximate surface area is 389 Å². The van der Waals surface area contributed by atoms with Gasteiger partial charge in [0, 0.05) is 0 Å². The summed E-state index contributed by atoms with van der Waals surface area (Å²) in [5, 5.41) is 244. The summed E-state index contributed by atoms with van der Waals surface area (Å²) >= 11 is 0. The largest absolute Gasteiger partial charge is 0.394 e. The van der Waals surface area contributed by atoms with E-state index in [0.717, 1.165) is 0 Å². The van der Waals surface area contributed by atoms with Gasteiger partial charge >= 0.3 is 0 Å². The summed E-state index contributed by atoms with van der Waals surface area (Å²) in [6, 6.07) is 0. The Kier molecular flexibility index (Phi) is 45.5. The van der Waals surface area contributed by atoms with E-state index in [1.165, 1.54) is 6.92 Å². The average Bonchev–Trinajstić information content (AvgIpc) is 3.37. The topological polar surface area (TPSA) is 661 Å². The van der Waals surface area contributed by atoms with Crippen LogP contribution in [0.4, 0.5) is 0 Å². The Bertz CT molecular complexity index is 1130. The maximum Gasteiger partial charge on any atom is 0.183 e. The van der Waals surface area contributed by atoms with E-state index < -0.39 is 173 Å². The van der Waals surface area contributed by atoms with Gasteiger partial charge in [0.15, 0.2) is 37.7 Å². The molecule has 414 valence electrons. The van der Waals surface area contributed by atoms with E-state index in [9.17, 15) is 24.0 Å². The first-order valence-corrected chi connectivity index (χ1v) is 19.4. The minimum absolute atomic E-state index is 0.0258. The van der Waals surface area contributed by atoms with Crippen LogP contribution in [0.5, 0.6) is 0 Å². The number of hydrogen-bond acceptors (Lipinski definition) is 34. The van der Waals surface area contributed by atoms with Crippen molar-refractivity contribution in [2.24, 2.45) is 0 Å². The van der Waals surface area contributed by atoms with Crippen molar-refractivity contribution in [1.82, 2.24) is 0 Å². The molecule has 1 fully saturated rings. The van der Waals surface area contributed by atoms with Crippen molar-refractivity contribution in [3.8, 4) is 0 Å². The minimum atomic E-state index is -1.79. The molecule has 0 spiro atoms. The number of ether oxygens (including phenoxy) is 1. The van der Waals surface area contributed by atoms with E-state index in [1.54, 1.807) is 0 Å². The van der Waals surface area contributed by atoms with Gasteiger partial charge in [-0.05, 0) is 6.92 Å². The lowest BCUT2D eigenvalue weighted by molar-refractivity contribution is -0.252. The molecular formula is C35H70O34. The Hall–Kier alpha value is -2.81. The zero-order chi connectivity index (χ0) is 55.6. The molecule has 1 aliphatic heterocycles. The first kappa shape index (κ1) is 75.1. The van der Waals surface area contributed by atoms with Gasteiger partial charge in [-0.3, -0.25) is 0 Å². The lowest BCUT2D eigenvalue weighted by atomic mass is 10.0. The molecule has 1 saturated heterocycles. The fourth-order valence-corrected chi connectivity index (χ4v) is 3.83. The van der Waals surface area contributed by atoms with E-state index in [4.69, 9.17) is 143 Å². The number of carbonyl (C=O) groups is 5. The second-order valence-corrected chi connectivity index (χ2v) is 14.1. The number of aldehydes is 5. The molecule has 1 rings (SSSR count). The number of aliphatic hydroxyl groups is 28. The number of carbonyl (C=O) groups excluding carboxylic acids is 5. The summed E-state index contributed by atoms with van der Waals surface area (Å²) in [5.41, 5.74) is 0. The van der Waals surface area contributed by atoms with E-state index in [1.807, 2.05) is 0 Å². The number of rotatable bonds is 24. The van der Waals surface area contributed by atoms with E-state index in [-0.39, 0.29) is 38.0 Å². The fourth-order valence-electron chi connectivity index (χ4n) is 3.83. The Balaban J connectivity index is -0.000000238. The second kappa shape index (κ2) is 41.8. The second-order valence-electron chi connectivity index (χ2n) is 14.1. The highest BCUT2D eigenvalue weighted by Gasteiger charge is 2.36. The third kappa shape index (κ3) is 30.6. The van der Waals surface area contributed by atoms with Gasteiger partial charge in [-0.15, -0.1) is 0 Å². The van der Waals surface area contributed by atoms with Gasteiger partial charge < -0.3 is 172 Å². The van der Waals surface area contributed by atoms with Gasteiger partial charge in [-0.25, -0.2) is 0 Å². The normalized spacial score (nSPS) is 25.3. The molecule has 0 amide bonds. The zero-order valence-electron chi connectivity index (χ0n) is 36.3. The lowest BCUT2D eigenvalue weighted by Gasteiger charge is -2.31. The van der Waals surface area contributed by atoms with Crippen LogP contribution in [0, 0.1) is 0 Å². The van der Waals surface area contributed by atoms with E-state index in [0.29, 0.717) is 0 Å². The van der Waals surface area contributed by atoms with Crippen LogP contribution in [0.25, 0.3) is 0 Å². The van der Waals surface area contributed by atoms with Gasteiger partial charge in [-0.2, -0.15) is 0 Å². The van der Waals surface area contributed by atoms with Crippen molar-refractivity contribution in [1.29, 1.82) is 0 Å². The SMILES string of the molecule is C[C@H](O)[C@H](O)[C@@H](O)[C@@H](O)C=O.O=C[C@@H](O)[C@@H](O)[C@H](O)[C@H](O)CO.O=C[C@H](O)[C@@H](O)[C@@H](O)[C@H](O)CO.O=C[C@H](O)[C@@H](O)[C@@H](O)[C@H](O)CO.O=C[C@H](O)[C@@H](O)[C@H](O)[C@H](O)CO.OC1OC[C@@H](O)[C@H](O)[C@H]1O. The number of hydrogen-bond donors (Lipinski definition) is 28. The van der Waals surface area contributed by atoms with E-state index in [2.05, 4.69) is 4.74 Å². The summed E-state index contributed by atoms with van der Waals surface area (Å²) in [7, 11) is 0. The van der Waals surface area contributed by atoms with Crippen LogP contribution < -0.4 is 0 Å². The fraction of sp³-hybridized carbons (Fsp3) is 0.857. The Morgan fingerprint density at radius 1 is 0.362 bits per heavy atom. The smallest absolute Gasteiger partial charge is 0.183 e. The van der Waals surface area contributed by atoms with Crippen LogP contribution in [0.1, 0.15) is 6.92 Å². The molecule has 0 radical (unpaired) electrons. The predicted molar refractivity (Wildman–Crippen MR) is 214 cm³/mol. The molecule has 69 heavy (non-hydrogen) atoms. The van der Waals surface area contributed by atoms with Crippen LogP contribution in [-0.2, 0) is 28.7 Å². The summed E-state index contributed by atoms with van der Waals surface area (Å²) in [6.45, 7) is -1.95. The van der Waals surface area contributed by atoms with Crippen LogP contribution >= 0.6 is 0 Å². The van der Waals surface area contributed by atoms with Crippen molar-refractivity contribution in [3.05, 3.63) is 0 Å². The first-order valence-electron chi connectivity index (χ1n) is 19.4. The molecule has 0 aromatic carbocycles. The van der Waals surface area contributed by atoms with Crippen molar-refractivity contribution in [2.75, 3.05) is 33.0 Å². The first-order chi connectivity index (χ1) is 31.8. The monoisotopic (exact) mass is 1030 g/mol. The predicted octanol–water partition coefficient (Wildman–Crippen LogP) is -18.4. The van der Waals surface area contributed by atoms with Gasteiger partial charge in [0.1, 0.15) is 134 Å². The molecule has 34 heteroatoms. The average molecular weight is 1030 g/mol. The summed E-state index contributed by atoms with van der Waals surface area (Å²) in [5.74, 6) is 0. The summed E-state index contributed by atoms with van der Waals surface area (Å²) in [4.78, 5) is 49.5. The Morgan fingerprint density at radius 2 is 0.565 bits per heavy atom. The molecular weight excluding hydrogens is 964 g/mol. The van der Waals surface area contributed by atoms with Gasteiger partial charge in [0.05, 0.1) is 39.1 Å². The zero-order valence-corrected chi connectivity index (χ0v) is 36.3. The Morgan fingerprint density at radius 3 is 0.725 bits per heavy atom. The molecule has 24 atom stereocenters.